The van der Waals surface area contributed by atoms with Crippen LogP contribution < -0.4 is 10.6 Å². The molecule has 1 aliphatic rings. The Hall–Kier alpha value is -0.690. The number of aliphatic hydroxyl groups is 1. The summed E-state index contributed by atoms with van der Waals surface area (Å²) in [4.78, 5) is 13.9. The van der Waals surface area contributed by atoms with Gasteiger partial charge in [0, 0.05) is 26.7 Å². The van der Waals surface area contributed by atoms with Gasteiger partial charge in [-0.25, -0.2) is 0 Å². The summed E-state index contributed by atoms with van der Waals surface area (Å²) in [7, 11) is 1.60. The number of aliphatic hydroxyl groups excluding tert-OH is 1. The summed E-state index contributed by atoms with van der Waals surface area (Å²) in [6.45, 7) is 6.09. The molecule has 19 heavy (non-hydrogen) atoms. The van der Waals surface area contributed by atoms with Crippen LogP contribution in [0.25, 0.3) is 0 Å². The molecule has 1 rings (SSSR count). The molecule has 112 valence electrons. The lowest BCUT2D eigenvalue weighted by atomic mass is 10.2. The number of carbonyl (C=O) groups is 1. The summed E-state index contributed by atoms with van der Waals surface area (Å²) in [6, 6.07) is -0.301. The van der Waals surface area contributed by atoms with Gasteiger partial charge >= 0.3 is 0 Å². The summed E-state index contributed by atoms with van der Waals surface area (Å²) in [5, 5.41) is 15.7. The number of nitrogens with zero attached hydrogens (tertiary/aromatic N) is 1. The molecule has 1 amide bonds. The molecule has 1 aliphatic heterocycles. The summed E-state index contributed by atoms with van der Waals surface area (Å²) < 4.78 is 4.86. The third kappa shape index (κ3) is 6.87. The highest BCUT2D eigenvalue weighted by Crippen LogP contribution is 2.07. The summed E-state index contributed by atoms with van der Waals surface area (Å²) in [5.41, 5.74) is 0. The standard InChI is InChI=1S/C13H27N3O3/c1-11(13(18)14-5-8-19-2)15-9-12(17)10-16-6-3-4-7-16/h11-12,15,17H,3-10H2,1-2H3,(H,14,18). The number of methoxy groups -OCH3 is 1. The fraction of sp³-hybridized carbons (Fsp3) is 0.923. The van der Waals surface area contributed by atoms with Crippen molar-refractivity contribution in [2.45, 2.75) is 31.9 Å². The van der Waals surface area contributed by atoms with E-state index in [0.717, 1.165) is 13.1 Å². The first-order chi connectivity index (χ1) is 9.13. The molecule has 3 N–H and O–H groups in total. The third-order valence-corrected chi connectivity index (χ3v) is 3.33. The van der Waals surface area contributed by atoms with Crippen LogP contribution >= 0.6 is 0 Å². The number of ether oxygens (including phenoxy) is 1. The van der Waals surface area contributed by atoms with Crippen LogP contribution in [0.5, 0.6) is 0 Å². The fourth-order valence-electron chi connectivity index (χ4n) is 2.16. The Morgan fingerprint density at radius 1 is 1.42 bits per heavy atom. The number of hydrogen-bond acceptors (Lipinski definition) is 5. The van der Waals surface area contributed by atoms with Crippen LogP contribution in [0.1, 0.15) is 19.8 Å². The van der Waals surface area contributed by atoms with Crippen molar-refractivity contribution in [3.05, 3.63) is 0 Å². The second-order valence-electron chi connectivity index (χ2n) is 5.08. The van der Waals surface area contributed by atoms with Gasteiger partial charge in [0.2, 0.25) is 5.91 Å². The van der Waals surface area contributed by atoms with E-state index in [1.165, 1.54) is 12.8 Å². The molecule has 6 nitrogen and oxygen atoms in total. The Morgan fingerprint density at radius 3 is 2.74 bits per heavy atom. The van der Waals surface area contributed by atoms with Crippen LogP contribution in [0.15, 0.2) is 0 Å². The highest BCUT2D eigenvalue weighted by molar-refractivity contribution is 5.81. The zero-order chi connectivity index (χ0) is 14.1. The SMILES string of the molecule is COCCNC(=O)C(C)NCC(O)CN1CCCC1. The number of rotatable bonds is 9. The molecule has 0 spiro atoms. The van der Waals surface area contributed by atoms with Gasteiger partial charge in [-0.05, 0) is 32.9 Å². The highest BCUT2D eigenvalue weighted by Gasteiger charge is 2.17. The van der Waals surface area contributed by atoms with Crippen molar-refractivity contribution in [3.63, 3.8) is 0 Å². The lowest BCUT2D eigenvalue weighted by molar-refractivity contribution is -0.123. The first kappa shape index (κ1) is 16.4. The molecule has 0 bridgehead atoms. The zero-order valence-electron chi connectivity index (χ0n) is 12.0. The van der Waals surface area contributed by atoms with Crippen molar-refractivity contribution < 1.29 is 14.6 Å². The van der Waals surface area contributed by atoms with E-state index >= 15 is 0 Å². The Bertz CT molecular complexity index is 258. The van der Waals surface area contributed by atoms with E-state index in [-0.39, 0.29) is 11.9 Å². The molecule has 2 unspecified atom stereocenters. The number of β-amino-alcohol motifs (C(OH)–C–C–N with tert-alkyl or cyclic N) is 1. The zero-order valence-corrected chi connectivity index (χ0v) is 12.0. The minimum Gasteiger partial charge on any atom is -0.390 e. The third-order valence-electron chi connectivity index (χ3n) is 3.33. The van der Waals surface area contributed by atoms with E-state index in [2.05, 4.69) is 15.5 Å². The molecule has 0 aromatic carbocycles. The topological polar surface area (TPSA) is 73.8 Å². The van der Waals surface area contributed by atoms with E-state index in [0.29, 0.717) is 26.2 Å². The number of nitrogens with one attached hydrogen (secondary N) is 2. The van der Waals surface area contributed by atoms with Crippen molar-refractivity contribution in [3.8, 4) is 0 Å². The van der Waals surface area contributed by atoms with E-state index in [4.69, 9.17) is 4.74 Å². The van der Waals surface area contributed by atoms with E-state index in [9.17, 15) is 9.90 Å². The quantitative estimate of drug-likeness (QED) is 0.479. The molecule has 0 radical (unpaired) electrons. The van der Waals surface area contributed by atoms with Crippen LogP contribution in [0.3, 0.4) is 0 Å². The maximum atomic E-state index is 11.7. The highest BCUT2D eigenvalue weighted by atomic mass is 16.5. The van der Waals surface area contributed by atoms with Gasteiger partial charge in [0.15, 0.2) is 0 Å². The Morgan fingerprint density at radius 2 is 2.11 bits per heavy atom. The monoisotopic (exact) mass is 273 g/mol. The Balaban J connectivity index is 2.10. The second kappa shape index (κ2) is 9.25. The predicted octanol–water partition coefficient (Wildman–Crippen LogP) is -0.816. The number of likely N-dealkylation sites (tertiary alicyclic amines) is 1. The van der Waals surface area contributed by atoms with Crippen LogP contribution in [-0.2, 0) is 9.53 Å². The molecular weight excluding hydrogens is 246 g/mol. The van der Waals surface area contributed by atoms with Crippen molar-refractivity contribution in [1.29, 1.82) is 0 Å². The molecule has 1 saturated heterocycles. The predicted molar refractivity (Wildman–Crippen MR) is 74.0 cm³/mol. The maximum Gasteiger partial charge on any atom is 0.236 e. The van der Waals surface area contributed by atoms with Gasteiger partial charge in [0.05, 0.1) is 18.8 Å². The first-order valence-electron chi connectivity index (χ1n) is 7.04. The average molecular weight is 273 g/mol. The van der Waals surface area contributed by atoms with Gasteiger partial charge in [-0.3, -0.25) is 4.79 Å². The minimum atomic E-state index is -0.424. The molecule has 0 aromatic heterocycles. The fourth-order valence-corrected chi connectivity index (χ4v) is 2.16. The minimum absolute atomic E-state index is 0.0644. The maximum absolute atomic E-state index is 11.7. The number of amides is 1. The number of hydrogen-bond donors (Lipinski definition) is 3. The van der Waals surface area contributed by atoms with Gasteiger partial charge in [-0.1, -0.05) is 0 Å². The normalized spacial score (nSPS) is 19.3. The summed E-state index contributed by atoms with van der Waals surface area (Å²) in [5.74, 6) is -0.0644. The van der Waals surface area contributed by atoms with Crippen LogP contribution in [-0.4, -0.2) is 74.5 Å². The van der Waals surface area contributed by atoms with Gasteiger partial charge in [0.1, 0.15) is 0 Å². The molecule has 0 aromatic rings. The van der Waals surface area contributed by atoms with Crippen molar-refractivity contribution in [2.75, 3.05) is 46.4 Å². The smallest absolute Gasteiger partial charge is 0.236 e. The largest absolute Gasteiger partial charge is 0.390 e. The number of carbonyl (C=O) groups excluding carboxylic acids is 1. The van der Waals surface area contributed by atoms with E-state index in [1.54, 1.807) is 14.0 Å². The molecule has 1 heterocycles. The van der Waals surface area contributed by atoms with E-state index < -0.39 is 6.10 Å². The van der Waals surface area contributed by atoms with Gasteiger partial charge < -0.3 is 25.4 Å². The molecule has 2 atom stereocenters. The summed E-state index contributed by atoms with van der Waals surface area (Å²) in [6.07, 6.45) is 2.02. The second-order valence-corrected chi connectivity index (χ2v) is 5.08. The lowest BCUT2D eigenvalue weighted by Crippen LogP contribution is -2.47. The van der Waals surface area contributed by atoms with Gasteiger partial charge in [0.25, 0.3) is 0 Å². The van der Waals surface area contributed by atoms with Crippen molar-refractivity contribution in [2.24, 2.45) is 0 Å². The van der Waals surface area contributed by atoms with E-state index in [1.807, 2.05) is 0 Å². The van der Waals surface area contributed by atoms with Crippen molar-refractivity contribution in [1.82, 2.24) is 15.5 Å². The lowest BCUT2D eigenvalue weighted by Gasteiger charge is -2.21. The molecular formula is C13H27N3O3. The molecule has 0 saturated carbocycles. The van der Waals surface area contributed by atoms with Crippen molar-refractivity contribution >= 4 is 5.91 Å². The van der Waals surface area contributed by atoms with Crippen LogP contribution in [0, 0.1) is 0 Å². The molecule has 1 fully saturated rings. The van der Waals surface area contributed by atoms with Gasteiger partial charge in [-0.2, -0.15) is 0 Å². The Kier molecular flexibility index (Phi) is 7.97. The molecule has 0 aliphatic carbocycles. The van der Waals surface area contributed by atoms with Crippen LogP contribution in [0.2, 0.25) is 0 Å². The van der Waals surface area contributed by atoms with Crippen LogP contribution in [0.4, 0.5) is 0 Å². The summed E-state index contributed by atoms with van der Waals surface area (Å²) >= 11 is 0. The Labute approximate surface area is 115 Å². The molecule has 6 heteroatoms. The van der Waals surface area contributed by atoms with Gasteiger partial charge in [-0.15, -0.1) is 0 Å². The average Bonchev–Trinajstić information content (AvgIpc) is 2.88. The first-order valence-corrected chi connectivity index (χ1v) is 7.04.